The van der Waals surface area contributed by atoms with E-state index in [0.717, 1.165) is 32.4 Å². The van der Waals surface area contributed by atoms with E-state index in [1.165, 1.54) is 5.56 Å². The maximum absolute atomic E-state index is 12.2. The molecule has 2 fully saturated rings. The van der Waals surface area contributed by atoms with Crippen LogP contribution in [0.1, 0.15) is 44.7 Å². The van der Waals surface area contributed by atoms with Crippen LogP contribution < -0.4 is 5.32 Å². The lowest BCUT2D eigenvalue weighted by atomic mass is 9.92. The van der Waals surface area contributed by atoms with Crippen LogP contribution >= 0.6 is 0 Å². The minimum Gasteiger partial charge on any atom is -0.342 e. The van der Waals surface area contributed by atoms with Gasteiger partial charge in [0, 0.05) is 31.1 Å². The van der Waals surface area contributed by atoms with Gasteiger partial charge in [0.25, 0.3) is 0 Å². The average molecular weight is 286 g/mol. The van der Waals surface area contributed by atoms with Crippen LogP contribution in [0.15, 0.2) is 30.3 Å². The number of nitrogens with one attached hydrogen (secondary N) is 1. The van der Waals surface area contributed by atoms with Crippen LogP contribution in [0, 0.1) is 11.8 Å². The highest BCUT2D eigenvalue weighted by molar-refractivity contribution is 5.81. The molecule has 0 unspecified atom stereocenters. The zero-order chi connectivity index (χ0) is 14.8. The summed E-state index contributed by atoms with van der Waals surface area (Å²) in [6, 6.07) is 11.5. The Hall–Kier alpha value is -1.35. The van der Waals surface area contributed by atoms with Gasteiger partial charge in [0.15, 0.2) is 0 Å². The second-order valence-electron chi connectivity index (χ2n) is 6.73. The summed E-state index contributed by atoms with van der Waals surface area (Å²) >= 11 is 0. The van der Waals surface area contributed by atoms with E-state index in [2.05, 4.69) is 54.4 Å². The zero-order valence-electron chi connectivity index (χ0n) is 13.1. The molecule has 3 heteroatoms. The van der Waals surface area contributed by atoms with Gasteiger partial charge in [-0.05, 0) is 37.7 Å². The number of hydrogen-bond donors (Lipinski definition) is 1. The predicted octanol–water partition coefficient (Wildman–Crippen LogP) is 2.98. The van der Waals surface area contributed by atoms with Gasteiger partial charge >= 0.3 is 0 Å². The van der Waals surface area contributed by atoms with Gasteiger partial charge in [0.05, 0.1) is 0 Å². The van der Waals surface area contributed by atoms with Crippen LogP contribution in [-0.4, -0.2) is 29.9 Å². The molecule has 21 heavy (non-hydrogen) atoms. The van der Waals surface area contributed by atoms with Gasteiger partial charge in [-0.2, -0.15) is 0 Å². The minimum atomic E-state index is 0.352. The molecule has 2 aliphatic rings. The maximum Gasteiger partial charge on any atom is 0.225 e. The predicted molar refractivity (Wildman–Crippen MR) is 84.9 cm³/mol. The first-order valence-electron chi connectivity index (χ1n) is 8.25. The topological polar surface area (TPSA) is 32.3 Å². The number of amides is 1. The third kappa shape index (κ3) is 3.46. The summed E-state index contributed by atoms with van der Waals surface area (Å²) in [6.45, 7) is 6.32. The highest BCUT2D eigenvalue weighted by Gasteiger charge is 2.36. The lowest BCUT2D eigenvalue weighted by molar-refractivity contribution is -0.134. The van der Waals surface area contributed by atoms with Crippen molar-refractivity contribution in [3.05, 3.63) is 35.9 Å². The zero-order valence-corrected chi connectivity index (χ0v) is 13.1. The van der Waals surface area contributed by atoms with Crippen molar-refractivity contribution in [3.8, 4) is 0 Å². The molecule has 3 nitrogen and oxygen atoms in total. The Balaban J connectivity index is 1.54. The molecule has 114 valence electrons. The molecule has 1 aromatic carbocycles. The molecule has 1 aliphatic carbocycles. The molecule has 1 amide bonds. The van der Waals surface area contributed by atoms with Crippen LogP contribution in [0.2, 0.25) is 0 Å². The normalized spacial score (nSPS) is 27.4. The Morgan fingerprint density at radius 2 is 1.95 bits per heavy atom. The summed E-state index contributed by atoms with van der Waals surface area (Å²) < 4.78 is 0. The molecule has 1 aromatic rings. The van der Waals surface area contributed by atoms with E-state index in [1.807, 2.05) is 0 Å². The Morgan fingerprint density at radius 3 is 2.57 bits per heavy atom. The number of carbonyl (C=O) groups excluding carboxylic acids is 1. The summed E-state index contributed by atoms with van der Waals surface area (Å²) in [4.78, 5) is 14.3. The summed E-state index contributed by atoms with van der Waals surface area (Å²) in [6.07, 6.45) is 3.28. The van der Waals surface area contributed by atoms with E-state index in [0.29, 0.717) is 29.8 Å². The molecule has 1 saturated carbocycles. The van der Waals surface area contributed by atoms with E-state index in [4.69, 9.17) is 0 Å². The molecule has 3 rings (SSSR count). The fourth-order valence-electron chi connectivity index (χ4n) is 3.34. The Morgan fingerprint density at radius 1 is 1.24 bits per heavy atom. The highest BCUT2D eigenvalue weighted by atomic mass is 16.2. The quantitative estimate of drug-likeness (QED) is 0.923. The molecule has 0 aromatic heterocycles. The third-order valence-electron chi connectivity index (χ3n) is 4.91. The van der Waals surface area contributed by atoms with E-state index < -0.39 is 0 Å². The first-order chi connectivity index (χ1) is 10.1. The smallest absolute Gasteiger partial charge is 0.225 e. The molecule has 1 saturated heterocycles. The van der Waals surface area contributed by atoms with Crippen molar-refractivity contribution in [1.29, 1.82) is 0 Å². The summed E-state index contributed by atoms with van der Waals surface area (Å²) in [7, 11) is 0. The van der Waals surface area contributed by atoms with E-state index in [9.17, 15) is 4.79 Å². The Kier molecular flexibility index (Phi) is 4.29. The molecule has 0 spiro atoms. The fourth-order valence-corrected chi connectivity index (χ4v) is 3.34. The minimum absolute atomic E-state index is 0.352. The second-order valence-corrected chi connectivity index (χ2v) is 6.73. The van der Waals surface area contributed by atoms with Gasteiger partial charge in [0.1, 0.15) is 0 Å². The van der Waals surface area contributed by atoms with Crippen molar-refractivity contribution >= 4 is 5.91 Å². The van der Waals surface area contributed by atoms with E-state index in [1.54, 1.807) is 0 Å². The van der Waals surface area contributed by atoms with Crippen molar-refractivity contribution in [1.82, 2.24) is 10.2 Å². The van der Waals surface area contributed by atoms with Crippen LogP contribution in [0.4, 0.5) is 0 Å². The summed E-state index contributed by atoms with van der Waals surface area (Å²) in [5.41, 5.74) is 1.33. The Labute approximate surface area is 127 Å². The van der Waals surface area contributed by atoms with E-state index in [-0.39, 0.29) is 0 Å². The second kappa shape index (κ2) is 6.18. The van der Waals surface area contributed by atoms with Gasteiger partial charge in [-0.25, -0.2) is 0 Å². The number of nitrogens with zero attached hydrogens (tertiary/aromatic N) is 1. The monoisotopic (exact) mass is 286 g/mol. The molecule has 0 radical (unpaired) electrons. The number of benzene rings is 1. The standard InChI is InChI=1S/C18H26N2O/c1-13-12-20(18(21)16-8-9-16)11-10-17(13)19-14(2)15-6-4-3-5-7-15/h3-7,13-14,16-17,19H,8-12H2,1-2H3/t13-,14+,17+/m1/s1. The van der Waals surface area contributed by atoms with Crippen LogP contribution in [0.3, 0.4) is 0 Å². The fraction of sp³-hybridized carbons (Fsp3) is 0.611. The van der Waals surface area contributed by atoms with Crippen molar-refractivity contribution < 1.29 is 4.79 Å². The molecule has 1 heterocycles. The van der Waals surface area contributed by atoms with Gasteiger partial charge in [0.2, 0.25) is 5.91 Å². The molecule has 1 N–H and O–H groups in total. The highest BCUT2D eigenvalue weighted by Crippen LogP contribution is 2.32. The largest absolute Gasteiger partial charge is 0.342 e. The van der Waals surface area contributed by atoms with Crippen molar-refractivity contribution in [2.45, 2.75) is 45.2 Å². The average Bonchev–Trinajstić information content (AvgIpc) is 3.34. The van der Waals surface area contributed by atoms with Crippen LogP contribution in [0.25, 0.3) is 0 Å². The maximum atomic E-state index is 12.2. The van der Waals surface area contributed by atoms with E-state index >= 15 is 0 Å². The lowest BCUT2D eigenvalue weighted by Crippen LogP contribution is -2.50. The summed E-state index contributed by atoms with van der Waals surface area (Å²) in [5.74, 6) is 1.27. The number of carbonyl (C=O) groups is 1. The third-order valence-corrected chi connectivity index (χ3v) is 4.91. The Bertz CT molecular complexity index is 483. The molecular formula is C18H26N2O. The first kappa shape index (κ1) is 14.6. The van der Waals surface area contributed by atoms with Gasteiger partial charge in [-0.1, -0.05) is 37.3 Å². The number of likely N-dealkylation sites (tertiary alicyclic amines) is 1. The van der Waals surface area contributed by atoms with Crippen molar-refractivity contribution in [3.63, 3.8) is 0 Å². The van der Waals surface area contributed by atoms with Crippen molar-refractivity contribution in [2.75, 3.05) is 13.1 Å². The summed E-state index contributed by atoms with van der Waals surface area (Å²) in [5, 5.41) is 3.75. The molecule has 3 atom stereocenters. The van der Waals surface area contributed by atoms with Crippen LogP contribution in [0.5, 0.6) is 0 Å². The van der Waals surface area contributed by atoms with Gasteiger partial charge in [-0.3, -0.25) is 4.79 Å². The number of hydrogen-bond acceptors (Lipinski definition) is 2. The SMILES string of the molecule is C[C@H](N[C@H]1CCN(C(=O)C2CC2)C[C@H]1C)c1ccccc1. The first-order valence-corrected chi connectivity index (χ1v) is 8.25. The van der Waals surface area contributed by atoms with Crippen molar-refractivity contribution in [2.24, 2.45) is 11.8 Å². The molecule has 1 aliphatic heterocycles. The number of piperidine rings is 1. The lowest BCUT2D eigenvalue weighted by Gasteiger charge is -2.39. The van der Waals surface area contributed by atoms with Gasteiger partial charge < -0.3 is 10.2 Å². The molecular weight excluding hydrogens is 260 g/mol. The van der Waals surface area contributed by atoms with Gasteiger partial charge in [-0.15, -0.1) is 0 Å². The van der Waals surface area contributed by atoms with Crippen LogP contribution in [-0.2, 0) is 4.79 Å². The number of rotatable bonds is 4. The molecule has 0 bridgehead atoms.